The van der Waals surface area contributed by atoms with Gasteiger partial charge in [0.1, 0.15) is 21.2 Å². The van der Waals surface area contributed by atoms with Crippen molar-refractivity contribution in [1.82, 2.24) is 14.4 Å². The van der Waals surface area contributed by atoms with Gasteiger partial charge >= 0.3 is 0 Å². The van der Waals surface area contributed by atoms with E-state index in [4.69, 9.17) is 9.26 Å². The molecule has 3 rings (SSSR count). The Hall–Kier alpha value is -1.30. The number of aryl methyl sites for hydroxylation is 2. The van der Waals surface area contributed by atoms with Crippen molar-refractivity contribution < 1.29 is 26.7 Å². The third-order valence-corrected chi connectivity index (χ3v) is 9.19. The molecule has 0 radical (unpaired) electrons. The van der Waals surface area contributed by atoms with Crippen molar-refractivity contribution >= 4 is 26.7 Å². The third kappa shape index (κ3) is 3.00. The molecule has 1 atom stereocenters. The number of hydrogen-bond donors (Lipinski definition) is 0. The molecular formula is C15H23N3O6S2. The van der Waals surface area contributed by atoms with E-state index in [1.165, 1.54) is 4.31 Å². The van der Waals surface area contributed by atoms with E-state index >= 15 is 0 Å². The first kappa shape index (κ1) is 19.5. The highest BCUT2D eigenvalue weighted by molar-refractivity contribution is 7.89. The normalized spacial score (nSPS) is 23.9. The second-order valence-corrected chi connectivity index (χ2v) is 10.1. The Labute approximate surface area is 155 Å². The highest BCUT2D eigenvalue weighted by atomic mass is 32.2. The number of sulfonamides is 1. The van der Waals surface area contributed by atoms with Gasteiger partial charge in [-0.15, -0.1) is 0 Å². The van der Waals surface area contributed by atoms with Gasteiger partial charge in [-0.25, -0.2) is 8.42 Å². The van der Waals surface area contributed by atoms with Crippen molar-refractivity contribution in [3.05, 3.63) is 11.5 Å². The van der Waals surface area contributed by atoms with Crippen molar-refractivity contribution in [3.63, 3.8) is 0 Å². The van der Waals surface area contributed by atoms with E-state index in [1.807, 2.05) is 0 Å². The molecule has 0 N–H and O–H groups in total. The zero-order valence-electron chi connectivity index (χ0n) is 15.1. The highest BCUT2D eigenvalue weighted by Gasteiger charge is 2.53. The number of aromatic nitrogens is 1. The molecule has 1 aromatic rings. The molecule has 146 valence electrons. The number of methoxy groups -OCH3 is 1. The number of rotatable bonds is 5. The number of ether oxygens (including phenoxy) is 1. The van der Waals surface area contributed by atoms with Crippen LogP contribution in [0.3, 0.4) is 0 Å². The molecule has 0 saturated carbocycles. The Morgan fingerprint density at radius 3 is 2.50 bits per heavy atom. The standard InChI is InChI=1S/C15H23N3O6S2/c1-11-14(12(2)24-16-11)26(21,22)17-6-4-15(5-7-17)18(8-9-23-3)13(19)10-25(15)20/h4-10H2,1-3H3. The Morgan fingerprint density at radius 1 is 1.31 bits per heavy atom. The van der Waals surface area contributed by atoms with E-state index < -0.39 is 25.7 Å². The lowest BCUT2D eigenvalue weighted by molar-refractivity contribution is -0.131. The summed E-state index contributed by atoms with van der Waals surface area (Å²) in [5.74, 6) is 0.0758. The molecule has 2 saturated heterocycles. The van der Waals surface area contributed by atoms with Crippen LogP contribution in [0.2, 0.25) is 0 Å². The lowest BCUT2D eigenvalue weighted by Crippen LogP contribution is -2.56. The van der Waals surface area contributed by atoms with Crippen molar-refractivity contribution in [2.24, 2.45) is 0 Å². The van der Waals surface area contributed by atoms with E-state index in [-0.39, 0.29) is 35.4 Å². The van der Waals surface area contributed by atoms with Crippen LogP contribution in [0.5, 0.6) is 0 Å². The van der Waals surface area contributed by atoms with Crippen LogP contribution >= 0.6 is 0 Å². The molecular weight excluding hydrogens is 382 g/mol. The summed E-state index contributed by atoms with van der Waals surface area (Å²) < 4.78 is 49.9. The van der Waals surface area contributed by atoms with Crippen LogP contribution < -0.4 is 0 Å². The summed E-state index contributed by atoms with van der Waals surface area (Å²) in [4.78, 5) is 13.1. The molecule has 26 heavy (non-hydrogen) atoms. The molecule has 11 heteroatoms. The molecule has 3 heterocycles. The predicted molar refractivity (Wildman–Crippen MR) is 93.3 cm³/mol. The number of amides is 1. The average molecular weight is 405 g/mol. The summed E-state index contributed by atoms with van der Waals surface area (Å²) >= 11 is 0. The molecule has 2 aliphatic heterocycles. The van der Waals surface area contributed by atoms with E-state index in [2.05, 4.69) is 5.16 Å². The van der Waals surface area contributed by atoms with Gasteiger partial charge in [-0.05, 0) is 26.7 Å². The zero-order valence-corrected chi connectivity index (χ0v) is 16.7. The van der Waals surface area contributed by atoms with Gasteiger partial charge in [0.05, 0.1) is 17.4 Å². The SMILES string of the molecule is COCCN1C(=O)CS(=O)C12CCN(S(=O)(=O)c1c(C)noc1C)CC2. The Kier molecular flexibility index (Phi) is 5.26. The van der Waals surface area contributed by atoms with Gasteiger partial charge < -0.3 is 14.2 Å². The molecule has 1 spiro atoms. The lowest BCUT2D eigenvalue weighted by Gasteiger charge is -2.42. The van der Waals surface area contributed by atoms with E-state index in [0.717, 1.165) is 0 Å². The Morgan fingerprint density at radius 2 is 1.96 bits per heavy atom. The molecule has 9 nitrogen and oxygen atoms in total. The van der Waals surface area contributed by atoms with Gasteiger partial charge in [-0.2, -0.15) is 4.31 Å². The minimum Gasteiger partial charge on any atom is -0.383 e. The third-order valence-electron chi connectivity index (χ3n) is 5.06. The summed E-state index contributed by atoms with van der Waals surface area (Å²) in [5, 5.41) is 3.72. The fourth-order valence-corrected chi connectivity index (χ4v) is 7.19. The van der Waals surface area contributed by atoms with E-state index in [1.54, 1.807) is 25.9 Å². The molecule has 2 aliphatic rings. The second-order valence-electron chi connectivity index (χ2n) is 6.53. The fraction of sp³-hybridized carbons (Fsp3) is 0.733. The Balaban J connectivity index is 1.82. The van der Waals surface area contributed by atoms with Gasteiger partial charge in [0.2, 0.25) is 15.9 Å². The summed E-state index contributed by atoms with van der Waals surface area (Å²) in [5.41, 5.74) is 0.323. The van der Waals surface area contributed by atoms with Gasteiger partial charge in [-0.3, -0.25) is 9.00 Å². The van der Waals surface area contributed by atoms with E-state index in [0.29, 0.717) is 31.7 Å². The van der Waals surface area contributed by atoms with Gasteiger partial charge in [0.25, 0.3) is 0 Å². The average Bonchev–Trinajstić information content (AvgIpc) is 3.04. The van der Waals surface area contributed by atoms with Crippen LogP contribution in [0.4, 0.5) is 0 Å². The second kappa shape index (κ2) is 7.02. The Bertz CT molecular complexity index is 807. The predicted octanol–water partition coefficient (Wildman–Crippen LogP) is 0.00954. The molecule has 0 aliphatic carbocycles. The molecule has 1 unspecified atom stereocenters. The number of carbonyl (C=O) groups is 1. The summed E-state index contributed by atoms with van der Waals surface area (Å²) in [6.45, 7) is 4.24. The topological polar surface area (TPSA) is 110 Å². The van der Waals surface area contributed by atoms with Crippen LogP contribution in [-0.4, -0.2) is 76.9 Å². The van der Waals surface area contributed by atoms with Crippen LogP contribution in [0.1, 0.15) is 24.3 Å². The maximum Gasteiger partial charge on any atom is 0.248 e. The van der Waals surface area contributed by atoms with Crippen molar-refractivity contribution in [3.8, 4) is 0 Å². The lowest BCUT2D eigenvalue weighted by atomic mass is 10.0. The first-order chi connectivity index (χ1) is 12.2. The van der Waals surface area contributed by atoms with Crippen molar-refractivity contribution in [1.29, 1.82) is 0 Å². The number of piperidine rings is 1. The van der Waals surface area contributed by atoms with Crippen LogP contribution in [0.25, 0.3) is 0 Å². The fourth-order valence-electron chi connectivity index (χ4n) is 3.73. The number of carbonyl (C=O) groups excluding carboxylic acids is 1. The van der Waals surface area contributed by atoms with Gasteiger partial charge in [0, 0.05) is 26.7 Å². The monoisotopic (exact) mass is 405 g/mol. The smallest absolute Gasteiger partial charge is 0.248 e. The largest absolute Gasteiger partial charge is 0.383 e. The molecule has 0 aromatic carbocycles. The zero-order chi connectivity index (χ0) is 19.1. The maximum absolute atomic E-state index is 12.9. The first-order valence-corrected chi connectivity index (χ1v) is 11.1. The molecule has 2 fully saturated rings. The van der Waals surface area contributed by atoms with Crippen LogP contribution in [0, 0.1) is 13.8 Å². The minimum atomic E-state index is -3.74. The summed E-state index contributed by atoms with van der Waals surface area (Å²) in [6.07, 6.45) is 0.662. The number of hydrogen-bond acceptors (Lipinski definition) is 7. The van der Waals surface area contributed by atoms with Crippen LogP contribution in [0.15, 0.2) is 9.42 Å². The van der Waals surface area contributed by atoms with Gasteiger partial charge in [-0.1, -0.05) is 5.16 Å². The van der Waals surface area contributed by atoms with Crippen molar-refractivity contribution in [2.45, 2.75) is 36.5 Å². The summed E-state index contributed by atoms with van der Waals surface area (Å²) in [7, 11) is -3.55. The van der Waals surface area contributed by atoms with Gasteiger partial charge in [0.15, 0.2) is 5.76 Å². The molecule has 0 bridgehead atoms. The van der Waals surface area contributed by atoms with Crippen LogP contribution in [-0.2, 0) is 30.4 Å². The first-order valence-electron chi connectivity index (χ1n) is 8.35. The number of nitrogens with zero attached hydrogens (tertiary/aromatic N) is 3. The molecule has 1 amide bonds. The van der Waals surface area contributed by atoms with E-state index in [9.17, 15) is 17.4 Å². The molecule has 1 aromatic heterocycles. The highest BCUT2D eigenvalue weighted by Crippen LogP contribution is 2.39. The quantitative estimate of drug-likeness (QED) is 0.678. The van der Waals surface area contributed by atoms with Crippen molar-refractivity contribution in [2.75, 3.05) is 39.1 Å². The maximum atomic E-state index is 12.9. The minimum absolute atomic E-state index is 0.0136. The summed E-state index contributed by atoms with van der Waals surface area (Å²) in [6, 6.07) is 0.